The SMILES string of the molecule is CCCCCCCCCOC(=O)C(CCCC)NC(=O)OCCCC. The van der Waals surface area contributed by atoms with Gasteiger partial charge in [0.15, 0.2) is 0 Å². The molecule has 0 rings (SSSR count). The quantitative estimate of drug-likeness (QED) is 0.298. The lowest BCUT2D eigenvalue weighted by atomic mass is 10.1. The summed E-state index contributed by atoms with van der Waals surface area (Å²) in [7, 11) is 0. The fourth-order valence-corrected chi connectivity index (χ4v) is 2.48. The highest BCUT2D eigenvalue weighted by molar-refractivity contribution is 5.81. The molecule has 1 unspecified atom stereocenters. The van der Waals surface area contributed by atoms with Crippen molar-refractivity contribution in [3.05, 3.63) is 0 Å². The van der Waals surface area contributed by atoms with Crippen LogP contribution in [0.2, 0.25) is 0 Å². The molecule has 1 atom stereocenters. The fraction of sp³-hybridized carbons (Fsp3) is 0.900. The van der Waals surface area contributed by atoms with E-state index in [9.17, 15) is 9.59 Å². The highest BCUT2D eigenvalue weighted by Crippen LogP contribution is 2.08. The van der Waals surface area contributed by atoms with Gasteiger partial charge in [0.1, 0.15) is 6.04 Å². The zero-order chi connectivity index (χ0) is 18.8. The van der Waals surface area contributed by atoms with Gasteiger partial charge in [-0.05, 0) is 19.3 Å². The summed E-state index contributed by atoms with van der Waals surface area (Å²) in [5.41, 5.74) is 0. The van der Waals surface area contributed by atoms with Crippen molar-refractivity contribution in [2.75, 3.05) is 13.2 Å². The van der Waals surface area contributed by atoms with Gasteiger partial charge in [-0.25, -0.2) is 9.59 Å². The van der Waals surface area contributed by atoms with Crippen LogP contribution in [0, 0.1) is 0 Å². The monoisotopic (exact) mass is 357 g/mol. The maximum atomic E-state index is 12.2. The van der Waals surface area contributed by atoms with E-state index in [1.165, 1.54) is 32.1 Å². The van der Waals surface area contributed by atoms with Crippen LogP contribution in [-0.4, -0.2) is 31.3 Å². The van der Waals surface area contributed by atoms with Crippen molar-refractivity contribution in [1.29, 1.82) is 0 Å². The Bertz CT molecular complexity index is 334. The summed E-state index contributed by atoms with van der Waals surface area (Å²) in [4.78, 5) is 24.0. The van der Waals surface area contributed by atoms with Gasteiger partial charge in [0.25, 0.3) is 0 Å². The van der Waals surface area contributed by atoms with Crippen LogP contribution in [0.4, 0.5) is 4.79 Å². The number of carbonyl (C=O) groups is 2. The van der Waals surface area contributed by atoms with Crippen molar-refractivity contribution in [3.63, 3.8) is 0 Å². The summed E-state index contributed by atoms with van der Waals surface area (Å²) >= 11 is 0. The Morgan fingerprint density at radius 3 is 1.92 bits per heavy atom. The number of alkyl carbamates (subject to hydrolysis) is 1. The molecule has 0 fully saturated rings. The number of hydrogen-bond acceptors (Lipinski definition) is 4. The van der Waals surface area contributed by atoms with Crippen LogP contribution in [0.1, 0.15) is 97.8 Å². The molecule has 0 heterocycles. The molecule has 1 N–H and O–H groups in total. The van der Waals surface area contributed by atoms with Crippen LogP contribution >= 0.6 is 0 Å². The number of carbonyl (C=O) groups excluding carboxylic acids is 2. The molecule has 0 aromatic rings. The van der Waals surface area contributed by atoms with E-state index in [2.05, 4.69) is 19.2 Å². The molecule has 0 aliphatic carbocycles. The number of hydrogen-bond donors (Lipinski definition) is 1. The first-order valence-electron chi connectivity index (χ1n) is 10.3. The Kier molecular flexibility index (Phi) is 16.7. The van der Waals surface area contributed by atoms with E-state index >= 15 is 0 Å². The Morgan fingerprint density at radius 2 is 1.28 bits per heavy atom. The predicted molar refractivity (Wildman–Crippen MR) is 102 cm³/mol. The maximum absolute atomic E-state index is 12.2. The van der Waals surface area contributed by atoms with E-state index in [4.69, 9.17) is 9.47 Å². The minimum atomic E-state index is -0.598. The van der Waals surface area contributed by atoms with Crippen LogP contribution in [0.3, 0.4) is 0 Å². The van der Waals surface area contributed by atoms with E-state index in [-0.39, 0.29) is 5.97 Å². The predicted octanol–water partition coefficient (Wildman–Crippen LogP) is 5.37. The van der Waals surface area contributed by atoms with Crippen LogP contribution < -0.4 is 5.32 Å². The van der Waals surface area contributed by atoms with Gasteiger partial charge in [0.2, 0.25) is 0 Å². The van der Waals surface area contributed by atoms with E-state index < -0.39 is 12.1 Å². The second kappa shape index (κ2) is 17.6. The van der Waals surface area contributed by atoms with Crippen LogP contribution in [0.25, 0.3) is 0 Å². The summed E-state index contributed by atoms with van der Waals surface area (Å²) in [5.74, 6) is -0.341. The zero-order valence-corrected chi connectivity index (χ0v) is 16.6. The third kappa shape index (κ3) is 14.8. The summed E-state index contributed by atoms with van der Waals surface area (Å²) < 4.78 is 10.4. The van der Waals surface area contributed by atoms with Gasteiger partial charge in [-0.15, -0.1) is 0 Å². The molecule has 0 saturated carbocycles. The van der Waals surface area contributed by atoms with Gasteiger partial charge < -0.3 is 14.8 Å². The smallest absolute Gasteiger partial charge is 0.407 e. The standard InChI is InChI=1S/C20H39NO4/c1-4-7-10-11-12-13-14-17-24-19(22)18(15-8-5-2)21-20(23)25-16-9-6-3/h18H,4-17H2,1-3H3,(H,21,23). The minimum Gasteiger partial charge on any atom is -0.464 e. The Balaban J connectivity index is 3.99. The number of ether oxygens (including phenoxy) is 2. The molecule has 1 amide bonds. The van der Waals surface area contributed by atoms with E-state index in [1.54, 1.807) is 0 Å². The molecule has 0 saturated heterocycles. The molecular weight excluding hydrogens is 318 g/mol. The van der Waals surface area contributed by atoms with Gasteiger partial charge >= 0.3 is 12.1 Å². The summed E-state index contributed by atoms with van der Waals surface area (Å²) in [6, 6.07) is -0.598. The largest absolute Gasteiger partial charge is 0.464 e. The molecule has 0 aromatic heterocycles. The van der Waals surface area contributed by atoms with Gasteiger partial charge in [0, 0.05) is 0 Å². The van der Waals surface area contributed by atoms with Gasteiger partial charge in [-0.1, -0.05) is 78.6 Å². The van der Waals surface area contributed by atoms with Gasteiger partial charge in [-0.3, -0.25) is 0 Å². The first kappa shape index (κ1) is 23.7. The molecule has 0 aliphatic heterocycles. The average Bonchev–Trinajstić information content (AvgIpc) is 2.60. The maximum Gasteiger partial charge on any atom is 0.407 e. The third-order valence-corrected chi connectivity index (χ3v) is 4.15. The highest BCUT2D eigenvalue weighted by Gasteiger charge is 2.22. The van der Waals surface area contributed by atoms with E-state index in [1.807, 2.05) is 6.92 Å². The molecule has 5 heteroatoms. The second-order valence-electron chi connectivity index (χ2n) is 6.62. The number of nitrogens with one attached hydrogen (secondary N) is 1. The lowest BCUT2D eigenvalue weighted by molar-refractivity contribution is -0.146. The average molecular weight is 358 g/mol. The summed E-state index contributed by atoms with van der Waals surface area (Å²) in [6.07, 6.45) is 12.0. The van der Waals surface area contributed by atoms with Crippen molar-refractivity contribution < 1.29 is 19.1 Å². The fourth-order valence-electron chi connectivity index (χ4n) is 2.48. The summed E-state index contributed by atoms with van der Waals surface area (Å²) in [6.45, 7) is 7.12. The Labute approximate surface area is 154 Å². The molecule has 5 nitrogen and oxygen atoms in total. The van der Waals surface area contributed by atoms with Crippen LogP contribution in [0.15, 0.2) is 0 Å². The molecule has 25 heavy (non-hydrogen) atoms. The van der Waals surface area contributed by atoms with Crippen LogP contribution in [-0.2, 0) is 14.3 Å². The summed E-state index contributed by atoms with van der Waals surface area (Å²) in [5, 5.41) is 2.65. The van der Waals surface area contributed by atoms with E-state index in [0.717, 1.165) is 38.5 Å². The molecule has 0 spiro atoms. The number of unbranched alkanes of at least 4 members (excludes halogenated alkanes) is 8. The van der Waals surface area contributed by atoms with Crippen molar-refractivity contribution >= 4 is 12.1 Å². The van der Waals surface area contributed by atoms with Gasteiger partial charge in [0.05, 0.1) is 13.2 Å². The third-order valence-electron chi connectivity index (χ3n) is 4.15. The lowest BCUT2D eigenvalue weighted by Crippen LogP contribution is -2.42. The lowest BCUT2D eigenvalue weighted by Gasteiger charge is -2.17. The number of esters is 1. The molecule has 0 bridgehead atoms. The second-order valence-corrected chi connectivity index (χ2v) is 6.62. The first-order valence-corrected chi connectivity index (χ1v) is 10.3. The molecule has 0 aliphatic rings. The highest BCUT2D eigenvalue weighted by atomic mass is 16.6. The Hall–Kier alpha value is -1.26. The molecular formula is C20H39NO4. The zero-order valence-electron chi connectivity index (χ0n) is 16.6. The number of amides is 1. The number of rotatable bonds is 16. The van der Waals surface area contributed by atoms with Gasteiger partial charge in [-0.2, -0.15) is 0 Å². The first-order chi connectivity index (χ1) is 12.2. The molecule has 148 valence electrons. The molecule has 0 aromatic carbocycles. The van der Waals surface area contributed by atoms with Crippen LogP contribution in [0.5, 0.6) is 0 Å². The molecule has 0 radical (unpaired) electrons. The topological polar surface area (TPSA) is 64.6 Å². The van der Waals surface area contributed by atoms with Crippen molar-refractivity contribution in [2.45, 2.75) is 104 Å². The minimum absolute atomic E-state index is 0.341. The van der Waals surface area contributed by atoms with Crippen molar-refractivity contribution in [3.8, 4) is 0 Å². The van der Waals surface area contributed by atoms with E-state index in [0.29, 0.717) is 19.6 Å². The van der Waals surface area contributed by atoms with Crippen molar-refractivity contribution in [2.24, 2.45) is 0 Å². The Morgan fingerprint density at radius 1 is 0.720 bits per heavy atom. The van der Waals surface area contributed by atoms with Crippen molar-refractivity contribution in [1.82, 2.24) is 5.32 Å². The normalized spacial score (nSPS) is 11.8.